The molecule has 0 fully saturated rings. The third kappa shape index (κ3) is 5.06. The van der Waals surface area contributed by atoms with Crippen LogP contribution in [0.2, 0.25) is 5.02 Å². The number of aliphatic hydroxyl groups is 1. The summed E-state index contributed by atoms with van der Waals surface area (Å²) in [4.78, 5) is 22.0. The highest BCUT2D eigenvalue weighted by Gasteiger charge is 2.18. The van der Waals surface area contributed by atoms with Gasteiger partial charge >= 0.3 is 5.97 Å². The van der Waals surface area contributed by atoms with Crippen molar-refractivity contribution in [1.82, 2.24) is 5.32 Å². The Morgan fingerprint density at radius 2 is 2.16 bits per heavy atom. The fourth-order valence-corrected chi connectivity index (χ4v) is 1.95. The Morgan fingerprint density at radius 3 is 2.68 bits per heavy atom. The van der Waals surface area contributed by atoms with Crippen LogP contribution in [0, 0.1) is 0 Å². The number of carboxylic acid groups (broad SMARTS) is 1. The molecule has 19 heavy (non-hydrogen) atoms. The second-order valence-electron chi connectivity index (χ2n) is 3.50. The number of nitrogens with one attached hydrogen (secondary N) is 1. The number of carbonyl (C=O) groups excluding carboxylic acids is 1. The van der Waals surface area contributed by atoms with Gasteiger partial charge in [-0.05, 0) is 34.1 Å². The van der Waals surface area contributed by atoms with Gasteiger partial charge in [-0.15, -0.1) is 0 Å². The Labute approximate surface area is 122 Å². The predicted molar refractivity (Wildman–Crippen MR) is 71.3 cm³/mol. The molecule has 0 unspecified atom stereocenters. The maximum Gasteiger partial charge on any atom is 0.328 e. The third-order valence-electron chi connectivity index (χ3n) is 2.07. The monoisotopic (exact) mass is 351 g/mol. The fraction of sp³-hybridized carbons (Fsp3) is 0.273. The van der Waals surface area contributed by atoms with E-state index in [9.17, 15) is 9.59 Å². The van der Waals surface area contributed by atoms with Crippen LogP contribution < -0.4 is 10.1 Å². The zero-order valence-electron chi connectivity index (χ0n) is 9.60. The van der Waals surface area contributed by atoms with Crippen LogP contribution in [0.5, 0.6) is 5.75 Å². The van der Waals surface area contributed by atoms with E-state index in [-0.39, 0.29) is 6.61 Å². The molecule has 0 aromatic heterocycles. The van der Waals surface area contributed by atoms with Gasteiger partial charge in [0, 0.05) is 5.02 Å². The Hall–Kier alpha value is -1.31. The third-order valence-corrected chi connectivity index (χ3v) is 2.92. The fourth-order valence-electron chi connectivity index (χ4n) is 1.16. The number of benzene rings is 1. The molecule has 1 atom stereocenters. The number of amides is 1. The lowest BCUT2D eigenvalue weighted by Crippen LogP contribution is -2.45. The average molecular weight is 353 g/mol. The summed E-state index contributed by atoms with van der Waals surface area (Å²) in [6.07, 6.45) is 0. The molecular formula is C11H11BrClNO5. The molecule has 8 heteroatoms. The quantitative estimate of drug-likeness (QED) is 0.711. The minimum absolute atomic E-state index is 0.371. The number of rotatable bonds is 6. The highest BCUT2D eigenvalue weighted by Crippen LogP contribution is 2.27. The standard InChI is InChI=1S/C11H11BrClNO5/c12-7-3-6(13)1-2-9(7)19-5-10(16)14-8(4-15)11(17)18/h1-3,8,15H,4-5H2,(H,14,16)(H,17,18)/t8-/m0/s1. The largest absolute Gasteiger partial charge is 0.483 e. The number of carboxylic acids is 1. The Bertz CT molecular complexity index is 482. The van der Waals surface area contributed by atoms with Crippen molar-refractivity contribution in [3.8, 4) is 5.75 Å². The Kier molecular flexibility index (Phi) is 6.07. The first-order chi connectivity index (χ1) is 8.93. The lowest BCUT2D eigenvalue weighted by atomic mass is 10.3. The number of halogens is 2. The van der Waals surface area contributed by atoms with Gasteiger partial charge in [0.15, 0.2) is 6.61 Å². The molecule has 0 radical (unpaired) electrons. The first-order valence-corrected chi connectivity index (χ1v) is 6.32. The number of ether oxygens (including phenoxy) is 1. The number of hydrogen-bond donors (Lipinski definition) is 3. The molecule has 0 saturated heterocycles. The van der Waals surface area contributed by atoms with Crippen molar-refractivity contribution in [2.45, 2.75) is 6.04 Å². The maximum absolute atomic E-state index is 11.4. The first kappa shape index (κ1) is 15.7. The van der Waals surface area contributed by atoms with Crippen molar-refractivity contribution in [3.63, 3.8) is 0 Å². The van der Waals surface area contributed by atoms with Gasteiger partial charge in [0.25, 0.3) is 5.91 Å². The summed E-state index contributed by atoms with van der Waals surface area (Å²) < 4.78 is 5.76. The summed E-state index contributed by atoms with van der Waals surface area (Å²) in [5, 5.41) is 20.0. The van der Waals surface area contributed by atoms with E-state index in [1.807, 2.05) is 0 Å². The summed E-state index contributed by atoms with van der Waals surface area (Å²) in [6, 6.07) is 3.42. The molecule has 6 nitrogen and oxygen atoms in total. The molecule has 0 saturated carbocycles. The highest BCUT2D eigenvalue weighted by molar-refractivity contribution is 9.10. The lowest BCUT2D eigenvalue weighted by molar-refractivity contribution is -0.143. The number of carbonyl (C=O) groups is 2. The van der Waals surface area contributed by atoms with Gasteiger partial charge in [0.05, 0.1) is 11.1 Å². The van der Waals surface area contributed by atoms with E-state index in [2.05, 4.69) is 21.2 Å². The molecule has 0 aliphatic heterocycles. The number of hydrogen-bond acceptors (Lipinski definition) is 4. The van der Waals surface area contributed by atoms with Gasteiger partial charge in [-0.2, -0.15) is 0 Å². The van der Waals surface area contributed by atoms with Crippen molar-refractivity contribution in [1.29, 1.82) is 0 Å². The van der Waals surface area contributed by atoms with Crippen molar-refractivity contribution in [2.24, 2.45) is 0 Å². The average Bonchev–Trinajstić information content (AvgIpc) is 2.34. The van der Waals surface area contributed by atoms with Gasteiger partial charge in [-0.25, -0.2) is 4.79 Å². The maximum atomic E-state index is 11.4. The molecule has 0 heterocycles. The van der Waals surface area contributed by atoms with Crippen molar-refractivity contribution in [3.05, 3.63) is 27.7 Å². The first-order valence-electron chi connectivity index (χ1n) is 5.15. The van der Waals surface area contributed by atoms with Crippen LogP contribution in [0.1, 0.15) is 0 Å². The van der Waals surface area contributed by atoms with Crippen LogP contribution in [0.15, 0.2) is 22.7 Å². The minimum Gasteiger partial charge on any atom is -0.483 e. The molecular weight excluding hydrogens is 341 g/mol. The van der Waals surface area contributed by atoms with E-state index in [0.29, 0.717) is 15.2 Å². The summed E-state index contributed by atoms with van der Waals surface area (Å²) in [6.45, 7) is -1.06. The molecule has 3 N–H and O–H groups in total. The lowest BCUT2D eigenvalue weighted by Gasteiger charge is -2.12. The highest BCUT2D eigenvalue weighted by atomic mass is 79.9. The Balaban J connectivity index is 2.52. The van der Waals surface area contributed by atoms with E-state index >= 15 is 0 Å². The molecule has 0 bridgehead atoms. The van der Waals surface area contributed by atoms with E-state index in [4.69, 9.17) is 26.6 Å². The van der Waals surface area contributed by atoms with E-state index < -0.39 is 24.5 Å². The van der Waals surface area contributed by atoms with Gasteiger partial charge < -0.3 is 20.3 Å². The van der Waals surface area contributed by atoms with Gasteiger partial charge in [-0.3, -0.25) is 4.79 Å². The molecule has 104 valence electrons. The van der Waals surface area contributed by atoms with Crippen LogP contribution in [-0.4, -0.2) is 41.3 Å². The topological polar surface area (TPSA) is 95.9 Å². The van der Waals surface area contributed by atoms with Gasteiger partial charge in [0.1, 0.15) is 11.8 Å². The second kappa shape index (κ2) is 7.32. The second-order valence-corrected chi connectivity index (χ2v) is 4.80. The molecule has 0 aliphatic rings. The summed E-state index contributed by atoms with van der Waals surface area (Å²) in [5.41, 5.74) is 0. The van der Waals surface area contributed by atoms with Crippen LogP contribution in [0.25, 0.3) is 0 Å². The molecule has 0 spiro atoms. The molecule has 1 rings (SSSR count). The van der Waals surface area contributed by atoms with Gasteiger partial charge in [-0.1, -0.05) is 11.6 Å². The number of aliphatic carboxylic acids is 1. The van der Waals surface area contributed by atoms with Gasteiger partial charge in [0.2, 0.25) is 0 Å². The van der Waals surface area contributed by atoms with E-state index in [1.54, 1.807) is 18.2 Å². The van der Waals surface area contributed by atoms with Crippen LogP contribution in [0.4, 0.5) is 0 Å². The molecule has 1 amide bonds. The van der Waals surface area contributed by atoms with Crippen molar-refractivity contribution < 1.29 is 24.5 Å². The molecule has 1 aromatic carbocycles. The number of aliphatic hydroxyl groups excluding tert-OH is 1. The minimum atomic E-state index is -1.34. The van der Waals surface area contributed by atoms with Crippen molar-refractivity contribution >= 4 is 39.4 Å². The molecule has 1 aromatic rings. The SMILES string of the molecule is O=C(COc1ccc(Cl)cc1Br)N[C@@H](CO)C(=O)O. The van der Waals surface area contributed by atoms with Crippen LogP contribution in [0.3, 0.4) is 0 Å². The van der Waals surface area contributed by atoms with E-state index in [1.165, 1.54) is 0 Å². The van der Waals surface area contributed by atoms with Crippen LogP contribution >= 0.6 is 27.5 Å². The molecule has 0 aliphatic carbocycles. The summed E-state index contributed by atoms with van der Waals surface area (Å²) in [7, 11) is 0. The zero-order chi connectivity index (χ0) is 14.4. The summed E-state index contributed by atoms with van der Waals surface area (Å²) >= 11 is 8.95. The van der Waals surface area contributed by atoms with Crippen LogP contribution in [-0.2, 0) is 9.59 Å². The summed E-state index contributed by atoms with van der Waals surface area (Å²) in [5.74, 6) is -1.57. The predicted octanol–water partition coefficient (Wildman–Crippen LogP) is 1.04. The van der Waals surface area contributed by atoms with E-state index in [0.717, 1.165) is 0 Å². The smallest absolute Gasteiger partial charge is 0.328 e. The van der Waals surface area contributed by atoms with Crippen molar-refractivity contribution in [2.75, 3.05) is 13.2 Å². The normalized spacial score (nSPS) is 11.7. The Morgan fingerprint density at radius 1 is 1.47 bits per heavy atom. The zero-order valence-corrected chi connectivity index (χ0v) is 11.9.